The Morgan fingerprint density at radius 1 is 0.969 bits per heavy atom. The highest BCUT2D eigenvalue weighted by Crippen LogP contribution is 2.32. The zero-order chi connectivity index (χ0) is 21.3. The van der Waals surface area contributed by atoms with Gasteiger partial charge in [-0.25, -0.2) is 4.98 Å². The Labute approximate surface area is 191 Å². The lowest BCUT2D eigenvalue weighted by Gasteiger charge is -2.33. The fourth-order valence-corrected chi connectivity index (χ4v) is 5.97. The van der Waals surface area contributed by atoms with Crippen LogP contribution in [0.15, 0.2) is 42.5 Å². The van der Waals surface area contributed by atoms with E-state index in [1.54, 1.807) is 0 Å². The van der Waals surface area contributed by atoms with Gasteiger partial charge in [-0.3, -0.25) is 0 Å². The van der Waals surface area contributed by atoms with Crippen LogP contribution >= 0.6 is 11.3 Å². The van der Waals surface area contributed by atoms with Gasteiger partial charge in [0.05, 0.1) is 28.4 Å². The number of anilines is 2. The molecule has 164 valence electrons. The number of aromatic nitrogens is 4. The number of rotatable bonds is 4. The van der Waals surface area contributed by atoms with Gasteiger partial charge in [-0.15, -0.1) is 21.5 Å². The van der Waals surface area contributed by atoms with Crippen LogP contribution < -0.4 is 9.80 Å². The first kappa shape index (κ1) is 19.8. The number of fused-ring (bicyclic) bond motifs is 2. The van der Waals surface area contributed by atoms with Crippen molar-refractivity contribution in [1.82, 2.24) is 20.4 Å². The van der Waals surface area contributed by atoms with Crippen molar-refractivity contribution in [1.29, 1.82) is 0 Å². The predicted octanol–water partition coefficient (Wildman–Crippen LogP) is 3.93. The van der Waals surface area contributed by atoms with Crippen LogP contribution in [0.1, 0.15) is 17.8 Å². The molecule has 1 atom stereocenters. The van der Waals surface area contributed by atoms with Crippen molar-refractivity contribution >= 4 is 44.0 Å². The van der Waals surface area contributed by atoms with Crippen LogP contribution in [0, 0.1) is 5.92 Å². The molecule has 2 aromatic heterocycles. The van der Waals surface area contributed by atoms with Gasteiger partial charge in [0.25, 0.3) is 0 Å². The first-order valence-electron chi connectivity index (χ1n) is 11.4. The molecule has 2 saturated heterocycles. The lowest BCUT2D eigenvalue weighted by atomic mass is 9.95. The van der Waals surface area contributed by atoms with Crippen molar-refractivity contribution in [3.05, 3.63) is 47.5 Å². The molecule has 2 aliphatic heterocycles. The molecule has 1 unspecified atom stereocenters. The van der Waals surface area contributed by atoms with E-state index in [1.807, 2.05) is 11.3 Å². The van der Waals surface area contributed by atoms with Crippen LogP contribution in [0.25, 0.3) is 21.1 Å². The highest BCUT2D eigenvalue weighted by molar-refractivity contribution is 7.18. The molecule has 0 aliphatic carbocycles. The van der Waals surface area contributed by atoms with Crippen LogP contribution in [-0.4, -0.2) is 59.8 Å². The number of ether oxygens (including phenoxy) is 1. The molecular formula is C24H26N6OS. The molecule has 0 N–H and O–H groups in total. The third kappa shape index (κ3) is 3.89. The van der Waals surface area contributed by atoms with Gasteiger partial charge in [-0.05, 0) is 54.3 Å². The van der Waals surface area contributed by atoms with Gasteiger partial charge in [-0.2, -0.15) is 0 Å². The third-order valence-corrected chi connectivity index (χ3v) is 7.57. The minimum absolute atomic E-state index is 0.571. The maximum Gasteiger partial charge on any atom is 0.162 e. The maximum atomic E-state index is 5.49. The standard InChI is InChI=1S/C24H26N6OS/c1-2-6-22-20(5-1)25-23(32-22)14-17-4-3-9-30(16-17)24-19-8-7-18(15-21(19)26-28-27-24)29-10-12-31-13-11-29/h1-2,5-8,15,17H,3-4,9-14,16H2. The second kappa shape index (κ2) is 8.60. The monoisotopic (exact) mass is 446 g/mol. The summed E-state index contributed by atoms with van der Waals surface area (Å²) in [5.74, 6) is 1.53. The molecule has 0 radical (unpaired) electrons. The molecule has 8 heteroatoms. The van der Waals surface area contributed by atoms with Crippen molar-refractivity contribution in [3.8, 4) is 0 Å². The summed E-state index contributed by atoms with van der Waals surface area (Å²) in [5.41, 5.74) is 3.20. The molecule has 2 aromatic carbocycles. The van der Waals surface area contributed by atoms with Crippen molar-refractivity contribution in [2.45, 2.75) is 19.3 Å². The van der Waals surface area contributed by atoms with Crippen LogP contribution in [0.3, 0.4) is 0 Å². The molecular weight excluding hydrogens is 420 g/mol. The van der Waals surface area contributed by atoms with E-state index in [2.05, 4.69) is 67.7 Å². The van der Waals surface area contributed by atoms with Gasteiger partial charge in [0.2, 0.25) is 0 Å². The SMILES string of the molecule is c1ccc2sc(CC3CCCN(c4nnnc5cc(N6CCOCC6)ccc45)C3)nc2c1. The molecule has 4 aromatic rings. The number of morpholine rings is 1. The van der Waals surface area contributed by atoms with Crippen LogP contribution in [-0.2, 0) is 11.2 Å². The summed E-state index contributed by atoms with van der Waals surface area (Å²) in [4.78, 5) is 9.60. The molecule has 2 fully saturated rings. The number of benzene rings is 2. The Kier molecular flexibility index (Phi) is 5.32. The van der Waals surface area contributed by atoms with Crippen molar-refractivity contribution in [2.75, 3.05) is 49.2 Å². The summed E-state index contributed by atoms with van der Waals surface area (Å²) in [6.45, 7) is 5.36. The lowest BCUT2D eigenvalue weighted by molar-refractivity contribution is 0.122. The van der Waals surface area contributed by atoms with Gasteiger partial charge < -0.3 is 14.5 Å². The van der Waals surface area contributed by atoms with Crippen molar-refractivity contribution in [2.24, 2.45) is 5.92 Å². The zero-order valence-electron chi connectivity index (χ0n) is 18.0. The Morgan fingerprint density at radius 3 is 2.78 bits per heavy atom. The first-order chi connectivity index (χ1) is 15.8. The number of hydrogen-bond donors (Lipinski definition) is 0. The molecule has 7 nitrogen and oxygen atoms in total. The van der Waals surface area contributed by atoms with Crippen LogP contribution in [0.5, 0.6) is 0 Å². The smallest absolute Gasteiger partial charge is 0.162 e. The van der Waals surface area contributed by atoms with Gasteiger partial charge in [0.15, 0.2) is 5.82 Å². The molecule has 0 bridgehead atoms. The molecule has 2 aliphatic rings. The fraction of sp³-hybridized carbons (Fsp3) is 0.417. The second-order valence-electron chi connectivity index (χ2n) is 8.65. The number of para-hydroxylation sites is 1. The summed E-state index contributed by atoms with van der Waals surface area (Å²) in [5, 5.41) is 15.2. The summed E-state index contributed by atoms with van der Waals surface area (Å²) in [6.07, 6.45) is 3.41. The topological polar surface area (TPSA) is 67.3 Å². The fourth-order valence-electron chi connectivity index (χ4n) is 4.89. The summed E-state index contributed by atoms with van der Waals surface area (Å²) < 4.78 is 6.76. The van der Waals surface area contributed by atoms with Crippen molar-refractivity contribution < 1.29 is 4.74 Å². The van der Waals surface area contributed by atoms with E-state index in [4.69, 9.17) is 9.72 Å². The number of thiazole rings is 1. The molecule has 6 rings (SSSR count). The Balaban J connectivity index is 1.23. The van der Waals surface area contributed by atoms with E-state index in [0.29, 0.717) is 5.92 Å². The minimum atomic E-state index is 0.571. The largest absolute Gasteiger partial charge is 0.378 e. The highest BCUT2D eigenvalue weighted by atomic mass is 32.1. The van der Waals surface area contributed by atoms with Crippen molar-refractivity contribution in [3.63, 3.8) is 0 Å². The van der Waals surface area contributed by atoms with E-state index < -0.39 is 0 Å². The predicted molar refractivity (Wildman–Crippen MR) is 129 cm³/mol. The second-order valence-corrected chi connectivity index (χ2v) is 9.76. The Morgan fingerprint density at radius 2 is 1.88 bits per heavy atom. The number of hydrogen-bond acceptors (Lipinski definition) is 8. The average molecular weight is 447 g/mol. The van der Waals surface area contributed by atoms with Gasteiger partial charge >= 0.3 is 0 Å². The molecule has 32 heavy (non-hydrogen) atoms. The molecule has 0 spiro atoms. The van der Waals surface area contributed by atoms with E-state index in [-0.39, 0.29) is 0 Å². The molecule has 0 saturated carbocycles. The van der Waals surface area contributed by atoms with Crippen LogP contribution in [0.2, 0.25) is 0 Å². The van der Waals surface area contributed by atoms with E-state index in [1.165, 1.54) is 21.8 Å². The third-order valence-electron chi connectivity index (χ3n) is 6.51. The normalized spacial score (nSPS) is 19.7. The van der Waals surface area contributed by atoms with E-state index in [0.717, 1.165) is 74.5 Å². The lowest BCUT2D eigenvalue weighted by Crippen LogP contribution is -2.37. The number of nitrogens with zero attached hydrogens (tertiary/aromatic N) is 6. The average Bonchev–Trinajstić information content (AvgIpc) is 3.26. The number of piperidine rings is 1. The van der Waals surface area contributed by atoms with E-state index in [9.17, 15) is 0 Å². The molecule has 0 amide bonds. The summed E-state index contributed by atoms with van der Waals surface area (Å²) in [7, 11) is 0. The summed E-state index contributed by atoms with van der Waals surface area (Å²) >= 11 is 1.82. The maximum absolute atomic E-state index is 5.49. The highest BCUT2D eigenvalue weighted by Gasteiger charge is 2.24. The van der Waals surface area contributed by atoms with Gasteiger partial charge in [0.1, 0.15) is 5.52 Å². The van der Waals surface area contributed by atoms with Gasteiger partial charge in [0, 0.05) is 43.7 Å². The quantitative estimate of drug-likeness (QED) is 0.470. The summed E-state index contributed by atoms with van der Waals surface area (Å²) in [6, 6.07) is 14.9. The van der Waals surface area contributed by atoms with Crippen LogP contribution in [0.4, 0.5) is 11.5 Å². The first-order valence-corrected chi connectivity index (χ1v) is 12.2. The molecule has 4 heterocycles. The minimum Gasteiger partial charge on any atom is -0.378 e. The Bertz CT molecular complexity index is 1200. The van der Waals surface area contributed by atoms with E-state index >= 15 is 0 Å². The van der Waals surface area contributed by atoms with Gasteiger partial charge in [-0.1, -0.05) is 12.1 Å². The zero-order valence-corrected chi connectivity index (χ0v) is 18.8. The Hall–Kier alpha value is -2.84.